The molecule has 0 fully saturated rings. The summed E-state index contributed by atoms with van der Waals surface area (Å²) in [5, 5.41) is 0. The van der Waals surface area contributed by atoms with Crippen molar-refractivity contribution in [2.45, 2.75) is 13.8 Å². The first-order valence-electron chi connectivity index (χ1n) is 4.14. The first-order chi connectivity index (χ1) is 6.59. The standard InChI is InChI=1S/C10H11NO3/c1-7-3-5-9(6-4-7)10(13)14-11-8(2)12/h3-6H,1-2H3,(H,11,12). The van der Waals surface area contributed by atoms with Crippen molar-refractivity contribution < 1.29 is 14.4 Å². The topological polar surface area (TPSA) is 55.4 Å². The molecular formula is C10H11NO3. The van der Waals surface area contributed by atoms with Gasteiger partial charge in [-0.15, -0.1) is 0 Å². The summed E-state index contributed by atoms with van der Waals surface area (Å²) in [5.41, 5.74) is 3.43. The molecule has 4 nitrogen and oxygen atoms in total. The fraction of sp³-hybridized carbons (Fsp3) is 0.200. The molecule has 0 aromatic heterocycles. The van der Waals surface area contributed by atoms with Gasteiger partial charge in [0.1, 0.15) is 0 Å². The van der Waals surface area contributed by atoms with Gasteiger partial charge < -0.3 is 4.84 Å². The second-order valence-electron chi connectivity index (χ2n) is 2.91. The van der Waals surface area contributed by atoms with Crippen molar-refractivity contribution in [3.63, 3.8) is 0 Å². The average Bonchev–Trinajstić information content (AvgIpc) is 2.15. The van der Waals surface area contributed by atoms with E-state index in [-0.39, 0.29) is 0 Å². The van der Waals surface area contributed by atoms with Crippen LogP contribution in [-0.2, 0) is 9.63 Å². The Balaban J connectivity index is 2.61. The monoisotopic (exact) mass is 193 g/mol. The number of hydroxylamine groups is 1. The second kappa shape index (κ2) is 4.41. The third-order valence-electron chi connectivity index (χ3n) is 1.57. The van der Waals surface area contributed by atoms with Gasteiger partial charge in [0.25, 0.3) is 0 Å². The molecule has 1 aromatic rings. The highest BCUT2D eigenvalue weighted by atomic mass is 16.7. The summed E-state index contributed by atoms with van der Waals surface area (Å²) in [7, 11) is 0. The van der Waals surface area contributed by atoms with E-state index in [0.29, 0.717) is 5.56 Å². The Morgan fingerprint density at radius 2 is 1.79 bits per heavy atom. The fourth-order valence-corrected chi connectivity index (χ4v) is 0.867. The van der Waals surface area contributed by atoms with Gasteiger partial charge in [-0.3, -0.25) is 4.79 Å². The summed E-state index contributed by atoms with van der Waals surface area (Å²) >= 11 is 0. The predicted octanol–water partition coefficient (Wildman–Crippen LogP) is 1.20. The fourth-order valence-electron chi connectivity index (χ4n) is 0.867. The van der Waals surface area contributed by atoms with E-state index in [9.17, 15) is 9.59 Å². The molecule has 0 aliphatic heterocycles. The lowest BCUT2D eigenvalue weighted by Gasteiger charge is -2.02. The van der Waals surface area contributed by atoms with Gasteiger partial charge in [-0.05, 0) is 19.1 Å². The van der Waals surface area contributed by atoms with E-state index in [1.165, 1.54) is 6.92 Å². The Morgan fingerprint density at radius 3 is 2.29 bits per heavy atom. The maximum atomic E-state index is 11.2. The molecule has 0 bridgehead atoms. The van der Waals surface area contributed by atoms with E-state index in [1.54, 1.807) is 24.3 Å². The van der Waals surface area contributed by atoms with E-state index < -0.39 is 11.9 Å². The van der Waals surface area contributed by atoms with Gasteiger partial charge in [0.2, 0.25) is 5.91 Å². The van der Waals surface area contributed by atoms with Crippen molar-refractivity contribution >= 4 is 11.9 Å². The minimum atomic E-state index is -0.569. The number of benzene rings is 1. The van der Waals surface area contributed by atoms with Crippen LogP contribution in [0.25, 0.3) is 0 Å². The largest absolute Gasteiger partial charge is 0.362 e. The summed E-state index contributed by atoms with van der Waals surface area (Å²) in [6.45, 7) is 3.19. The lowest BCUT2D eigenvalue weighted by atomic mass is 10.2. The smallest absolute Gasteiger partial charge is 0.335 e. The van der Waals surface area contributed by atoms with E-state index in [0.717, 1.165) is 5.56 Å². The number of hydrogen-bond acceptors (Lipinski definition) is 3. The van der Waals surface area contributed by atoms with Crippen LogP contribution in [0.15, 0.2) is 24.3 Å². The number of nitrogens with one attached hydrogen (secondary N) is 1. The van der Waals surface area contributed by atoms with Gasteiger partial charge in [-0.2, -0.15) is 5.48 Å². The Bertz CT molecular complexity index is 343. The van der Waals surface area contributed by atoms with E-state index in [2.05, 4.69) is 4.84 Å². The van der Waals surface area contributed by atoms with Crippen LogP contribution in [0, 0.1) is 6.92 Å². The zero-order chi connectivity index (χ0) is 10.6. The maximum Gasteiger partial charge on any atom is 0.362 e. The van der Waals surface area contributed by atoms with Crippen molar-refractivity contribution in [3.05, 3.63) is 35.4 Å². The summed E-state index contributed by atoms with van der Waals surface area (Å²) in [6, 6.07) is 6.87. The molecule has 1 N–H and O–H groups in total. The van der Waals surface area contributed by atoms with Crippen LogP contribution in [0.2, 0.25) is 0 Å². The average molecular weight is 193 g/mol. The number of carbonyl (C=O) groups excluding carboxylic acids is 2. The molecule has 0 radical (unpaired) electrons. The van der Waals surface area contributed by atoms with Crippen LogP contribution in [0.1, 0.15) is 22.8 Å². The molecule has 0 aliphatic carbocycles. The van der Waals surface area contributed by atoms with Crippen molar-refractivity contribution in [1.29, 1.82) is 0 Å². The van der Waals surface area contributed by atoms with Gasteiger partial charge in [-0.1, -0.05) is 17.7 Å². The first-order valence-corrected chi connectivity index (χ1v) is 4.14. The minimum absolute atomic E-state index is 0.407. The maximum absolute atomic E-state index is 11.2. The van der Waals surface area contributed by atoms with Gasteiger partial charge in [-0.25, -0.2) is 4.79 Å². The molecule has 0 atom stereocenters. The normalized spacial score (nSPS) is 9.29. The molecular weight excluding hydrogens is 182 g/mol. The molecule has 14 heavy (non-hydrogen) atoms. The molecule has 0 saturated heterocycles. The molecule has 1 amide bonds. The minimum Gasteiger partial charge on any atom is -0.335 e. The Labute approximate surface area is 81.8 Å². The van der Waals surface area contributed by atoms with Gasteiger partial charge >= 0.3 is 5.97 Å². The number of hydrogen-bond donors (Lipinski definition) is 1. The molecule has 0 unspecified atom stereocenters. The SMILES string of the molecule is CC(=O)NOC(=O)c1ccc(C)cc1. The van der Waals surface area contributed by atoms with Crippen molar-refractivity contribution in [2.75, 3.05) is 0 Å². The van der Waals surface area contributed by atoms with Crippen LogP contribution in [0.5, 0.6) is 0 Å². The lowest BCUT2D eigenvalue weighted by molar-refractivity contribution is -0.127. The van der Waals surface area contributed by atoms with E-state index in [4.69, 9.17) is 0 Å². The lowest BCUT2D eigenvalue weighted by Crippen LogP contribution is -2.24. The van der Waals surface area contributed by atoms with Gasteiger partial charge in [0, 0.05) is 6.92 Å². The molecule has 4 heteroatoms. The second-order valence-corrected chi connectivity index (χ2v) is 2.91. The molecule has 1 aromatic carbocycles. The zero-order valence-electron chi connectivity index (χ0n) is 8.03. The zero-order valence-corrected chi connectivity index (χ0v) is 8.03. The van der Waals surface area contributed by atoms with Gasteiger partial charge in [0.05, 0.1) is 5.56 Å². The molecule has 74 valence electrons. The van der Waals surface area contributed by atoms with Crippen LogP contribution in [-0.4, -0.2) is 11.9 Å². The Hall–Kier alpha value is -1.84. The van der Waals surface area contributed by atoms with E-state index in [1.807, 2.05) is 12.4 Å². The highest BCUT2D eigenvalue weighted by molar-refractivity contribution is 5.90. The highest BCUT2D eigenvalue weighted by Gasteiger charge is 2.06. The third kappa shape index (κ3) is 2.90. The van der Waals surface area contributed by atoms with Crippen molar-refractivity contribution in [2.24, 2.45) is 0 Å². The Kier molecular flexibility index (Phi) is 3.23. The number of rotatable bonds is 1. The van der Waals surface area contributed by atoms with E-state index >= 15 is 0 Å². The summed E-state index contributed by atoms with van der Waals surface area (Å²) in [6.07, 6.45) is 0. The quantitative estimate of drug-likeness (QED) is 0.682. The first kappa shape index (κ1) is 10.2. The third-order valence-corrected chi connectivity index (χ3v) is 1.57. The van der Waals surface area contributed by atoms with Crippen molar-refractivity contribution in [3.8, 4) is 0 Å². The van der Waals surface area contributed by atoms with Crippen LogP contribution < -0.4 is 5.48 Å². The molecule has 0 aliphatic rings. The van der Waals surface area contributed by atoms with Gasteiger partial charge in [0.15, 0.2) is 0 Å². The predicted molar refractivity (Wildman–Crippen MR) is 50.4 cm³/mol. The molecule has 0 saturated carbocycles. The molecule has 0 spiro atoms. The van der Waals surface area contributed by atoms with Crippen LogP contribution in [0.4, 0.5) is 0 Å². The number of aryl methyl sites for hydroxylation is 1. The summed E-state index contributed by atoms with van der Waals surface area (Å²) in [4.78, 5) is 26.2. The Morgan fingerprint density at radius 1 is 1.21 bits per heavy atom. The number of carbonyl (C=O) groups is 2. The van der Waals surface area contributed by atoms with Crippen LogP contribution in [0.3, 0.4) is 0 Å². The number of amides is 1. The summed E-state index contributed by atoms with van der Waals surface area (Å²) < 4.78 is 0. The van der Waals surface area contributed by atoms with Crippen molar-refractivity contribution in [1.82, 2.24) is 5.48 Å². The highest BCUT2D eigenvalue weighted by Crippen LogP contribution is 2.03. The molecule has 1 rings (SSSR count). The van der Waals surface area contributed by atoms with Crippen LogP contribution >= 0.6 is 0 Å². The molecule has 0 heterocycles. The summed E-state index contributed by atoms with van der Waals surface area (Å²) in [5.74, 6) is -0.981.